The zero-order chi connectivity index (χ0) is 25.5. The molecular weight excluding hydrogens is 481 g/mol. The fraction of sp³-hybridized carbons (Fsp3) is 0.240. The summed E-state index contributed by atoms with van der Waals surface area (Å²) in [6, 6.07) is 8.73. The Balaban J connectivity index is 2.07. The third kappa shape index (κ3) is 4.79. The molecule has 4 rings (SSSR count). The molecule has 0 aliphatic carbocycles. The second-order valence-electron chi connectivity index (χ2n) is 8.71. The molecule has 3 aromatic heterocycles. The number of ketones is 1. The van der Waals surface area contributed by atoms with E-state index in [1.807, 2.05) is 0 Å². The van der Waals surface area contributed by atoms with Gasteiger partial charge in [0.15, 0.2) is 5.65 Å². The minimum absolute atomic E-state index is 0.0828. The molecule has 0 unspecified atom stereocenters. The van der Waals surface area contributed by atoms with Crippen molar-refractivity contribution < 1.29 is 32.2 Å². The van der Waals surface area contributed by atoms with Crippen molar-refractivity contribution in [3.8, 4) is 16.9 Å². The molecule has 6 nitrogen and oxygen atoms in total. The van der Waals surface area contributed by atoms with Crippen LogP contribution in [0.4, 0.5) is 18.0 Å². The number of pyridine rings is 1. The molecule has 10 heteroatoms. The van der Waals surface area contributed by atoms with Gasteiger partial charge in [0.2, 0.25) is 5.78 Å². The largest absolute Gasteiger partial charge is 0.497 e. The van der Waals surface area contributed by atoms with Crippen molar-refractivity contribution in [2.24, 2.45) is 0 Å². The number of thiophene rings is 1. The van der Waals surface area contributed by atoms with Crippen LogP contribution >= 0.6 is 11.3 Å². The molecule has 0 radical (unpaired) electrons. The lowest BCUT2D eigenvalue weighted by Crippen LogP contribution is -2.29. The van der Waals surface area contributed by atoms with Gasteiger partial charge in [0.05, 0.1) is 12.7 Å². The molecule has 35 heavy (non-hydrogen) atoms. The molecule has 4 aromatic rings. The molecule has 0 atom stereocenters. The van der Waals surface area contributed by atoms with Crippen LogP contribution in [0.25, 0.3) is 22.2 Å². The Morgan fingerprint density at radius 3 is 2.40 bits per heavy atom. The zero-order valence-corrected chi connectivity index (χ0v) is 20.1. The number of carbonyl (C=O) groups excluding carboxylic acids is 2. The third-order valence-electron chi connectivity index (χ3n) is 5.07. The second-order valence-corrected chi connectivity index (χ2v) is 9.49. The number of carbonyl (C=O) groups is 2. The first-order valence-electron chi connectivity index (χ1n) is 10.5. The van der Waals surface area contributed by atoms with E-state index in [0.717, 1.165) is 0 Å². The molecule has 0 aliphatic heterocycles. The highest BCUT2D eigenvalue weighted by atomic mass is 32.1. The molecule has 0 saturated carbocycles. The maximum Gasteiger partial charge on any atom is 0.420 e. The summed E-state index contributed by atoms with van der Waals surface area (Å²) in [6.45, 7) is 4.73. The van der Waals surface area contributed by atoms with Crippen LogP contribution in [-0.2, 0) is 10.9 Å². The van der Waals surface area contributed by atoms with E-state index >= 15 is 0 Å². The summed E-state index contributed by atoms with van der Waals surface area (Å²) in [6.07, 6.45) is -4.74. The SMILES string of the molecule is COc1cccc(C(=O)c2c(C(F)(F)F)c3cc(-c4ccsc4)cnc3n2C(=O)OC(C)(C)C)c1. The predicted molar refractivity (Wildman–Crippen MR) is 126 cm³/mol. The number of rotatable bonds is 4. The van der Waals surface area contributed by atoms with Gasteiger partial charge in [-0.1, -0.05) is 12.1 Å². The molecule has 0 aliphatic rings. The molecular formula is C25H21F3N2O4S. The lowest BCUT2D eigenvalue weighted by molar-refractivity contribution is -0.136. The van der Waals surface area contributed by atoms with E-state index < -0.39 is 34.9 Å². The van der Waals surface area contributed by atoms with E-state index in [2.05, 4.69) is 4.98 Å². The number of hydrogen-bond donors (Lipinski definition) is 0. The minimum atomic E-state index is -4.97. The monoisotopic (exact) mass is 502 g/mol. The van der Waals surface area contributed by atoms with Gasteiger partial charge in [-0.05, 0) is 61.4 Å². The highest BCUT2D eigenvalue weighted by molar-refractivity contribution is 7.08. The second kappa shape index (κ2) is 8.84. The highest BCUT2D eigenvalue weighted by Crippen LogP contribution is 2.41. The van der Waals surface area contributed by atoms with Gasteiger partial charge in [-0.2, -0.15) is 24.5 Å². The Morgan fingerprint density at radius 1 is 1.06 bits per heavy atom. The maximum atomic E-state index is 14.5. The Hall–Kier alpha value is -3.66. The highest BCUT2D eigenvalue weighted by Gasteiger charge is 2.43. The normalized spacial score (nSPS) is 12.1. The summed E-state index contributed by atoms with van der Waals surface area (Å²) in [5.74, 6) is -0.737. The predicted octanol–water partition coefficient (Wildman–Crippen LogP) is 6.81. The van der Waals surface area contributed by atoms with Crippen LogP contribution in [0.5, 0.6) is 5.75 Å². The maximum absolute atomic E-state index is 14.5. The molecule has 0 saturated heterocycles. The summed E-state index contributed by atoms with van der Waals surface area (Å²) < 4.78 is 54.7. The van der Waals surface area contributed by atoms with E-state index in [0.29, 0.717) is 15.7 Å². The number of alkyl halides is 3. The number of ether oxygens (including phenoxy) is 2. The summed E-state index contributed by atoms with van der Waals surface area (Å²) in [7, 11) is 1.37. The average molecular weight is 503 g/mol. The van der Waals surface area contributed by atoms with Crippen molar-refractivity contribution in [1.29, 1.82) is 0 Å². The van der Waals surface area contributed by atoms with Crippen LogP contribution in [0.3, 0.4) is 0 Å². The van der Waals surface area contributed by atoms with E-state index in [1.54, 1.807) is 43.7 Å². The van der Waals surface area contributed by atoms with Crippen molar-refractivity contribution in [2.45, 2.75) is 32.5 Å². The van der Waals surface area contributed by atoms with Gasteiger partial charge in [-0.25, -0.2) is 14.3 Å². The van der Waals surface area contributed by atoms with Gasteiger partial charge in [-0.3, -0.25) is 4.79 Å². The quantitative estimate of drug-likeness (QED) is 0.287. The lowest BCUT2D eigenvalue weighted by Gasteiger charge is -2.21. The van der Waals surface area contributed by atoms with Gasteiger partial charge in [0.1, 0.15) is 17.0 Å². The number of aromatic nitrogens is 2. The summed E-state index contributed by atoms with van der Waals surface area (Å²) >= 11 is 1.38. The van der Waals surface area contributed by atoms with Crippen LogP contribution in [0.1, 0.15) is 42.4 Å². The van der Waals surface area contributed by atoms with Gasteiger partial charge in [0.25, 0.3) is 0 Å². The molecule has 0 fully saturated rings. The standard InChI is InChI=1S/C25H21F3N2O4S/c1-24(2,3)34-23(32)30-20(21(31)14-6-5-7-17(10-14)33-4)19(25(26,27)28)18-11-16(12-29-22(18)30)15-8-9-35-13-15/h5-13H,1-4H3. The van der Waals surface area contributed by atoms with Crippen LogP contribution in [0, 0.1) is 0 Å². The minimum Gasteiger partial charge on any atom is -0.497 e. The number of halogens is 3. The van der Waals surface area contributed by atoms with Crippen LogP contribution in [0.2, 0.25) is 0 Å². The van der Waals surface area contributed by atoms with E-state index in [9.17, 15) is 22.8 Å². The number of hydrogen-bond acceptors (Lipinski definition) is 6. The lowest BCUT2D eigenvalue weighted by atomic mass is 10.0. The molecule has 182 valence electrons. The Kier molecular flexibility index (Phi) is 6.18. The third-order valence-corrected chi connectivity index (χ3v) is 5.75. The molecule has 0 amide bonds. The van der Waals surface area contributed by atoms with Gasteiger partial charge >= 0.3 is 12.3 Å². The van der Waals surface area contributed by atoms with Crippen molar-refractivity contribution >= 4 is 34.2 Å². The van der Waals surface area contributed by atoms with Crippen LogP contribution < -0.4 is 4.74 Å². The van der Waals surface area contributed by atoms with Crippen molar-refractivity contribution in [2.75, 3.05) is 7.11 Å². The van der Waals surface area contributed by atoms with Gasteiger partial charge < -0.3 is 9.47 Å². The smallest absolute Gasteiger partial charge is 0.420 e. The molecule has 0 spiro atoms. The number of fused-ring (bicyclic) bond motifs is 1. The molecule has 0 N–H and O–H groups in total. The zero-order valence-electron chi connectivity index (χ0n) is 19.3. The first kappa shape index (κ1) is 24.5. The summed E-state index contributed by atoms with van der Waals surface area (Å²) in [5.41, 5.74) is -2.47. The Labute approximate surface area is 202 Å². The summed E-state index contributed by atoms with van der Waals surface area (Å²) in [5, 5.41) is 3.18. The van der Waals surface area contributed by atoms with E-state index in [-0.39, 0.29) is 22.3 Å². The van der Waals surface area contributed by atoms with E-state index in [4.69, 9.17) is 9.47 Å². The molecule has 0 bridgehead atoms. The topological polar surface area (TPSA) is 70.4 Å². The molecule has 3 heterocycles. The number of benzene rings is 1. The fourth-order valence-corrected chi connectivity index (χ4v) is 4.30. The average Bonchev–Trinajstić information content (AvgIpc) is 3.43. The van der Waals surface area contributed by atoms with E-state index in [1.165, 1.54) is 48.9 Å². The first-order valence-corrected chi connectivity index (χ1v) is 11.4. The van der Waals surface area contributed by atoms with Crippen LogP contribution in [-0.4, -0.2) is 34.1 Å². The molecule has 1 aromatic carbocycles. The van der Waals surface area contributed by atoms with Gasteiger partial charge in [0, 0.05) is 22.7 Å². The Bertz CT molecular complexity index is 1420. The van der Waals surface area contributed by atoms with Crippen molar-refractivity contribution in [3.63, 3.8) is 0 Å². The number of nitrogens with zero attached hydrogens (tertiary/aromatic N) is 2. The number of methoxy groups -OCH3 is 1. The van der Waals surface area contributed by atoms with Gasteiger partial charge in [-0.15, -0.1) is 0 Å². The Morgan fingerprint density at radius 2 is 1.80 bits per heavy atom. The van der Waals surface area contributed by atoms with Crippen molar-refractivity contribution in [3.05, 3.63) is 70.2 Å². The fourth-order valence-electron chi connectivity index (χ4n) is 3.64. The first-order chi connectivity index (χ1) is 16.4. The van der Waals surface area contributed by atoms with Crippen LogP contribution in [0.15, 0.2) is 53.4 Å². The summed E-state index contributed by atoms with van der Waals surface area (Å²) in [4.78, 5) is 30.9. The van der Waals surface area contributed by atoms with Crippen molar-refractivity contribution in [1.82, 2.24) is 9.55 Å².